The van der Waals surface area contributed by atoms with Crippen molar-refractivity contribution in [1.29, 1.82) is 0 Å². The lowest BCUT2D eigenvalue weighted by Crippen LogP contribution is -2.39. The van der Waals surface area contributed by atoms with Crippen LogP contribution in [0.2, 0.25) is 0 Å². The van der Waals surface area contributed by atoms with Crippen molar-refractivity contribution < 1.29 is 4.79 Å². The largest absolute Gasteiger partial charge is 0.392 e. The van der Waals surface area contributed by atoms with Crippen molar-refractivity contribution in [3.05, 3.63) is 35.4 Å². The molecule has 0 aliphatic heterocycles. The highest BCUT2D eigenvalue weighted by Crippen LogP contribution is 2.46. The molecule has 1 fully saturated rings. The number of aryl methyl sites for hydroxylation is 1. The number of carbonyl (C=O) groups excluding carboxylic acids is 1. The Morgan fingerprint density at radius 2 is 2.00 bits per heavy atom. The van der Waals surface area contributed by atoms with Crippen molar-refractivity contribution in [2.45, 2.75) is 26.3 Å². The van der Waals surface area contributed by atoms with Crippen molar-refractivity contribution >= 4 is 23.1 Å². The van der Waals surface area contributed by atoms with Gasteiger partial charge in [0.25, 0.3) is 0 Å². The van der Waals surface area contributed by atoms with E-state index < -0.39 is 5.41 Å². The van der Waals surface area contributed by atoms with Gasteiger partial charge in [0.05, 0.1) is 10.4 Å². The van der Waals surface area contributed by atoms with Gasteiger partial charge in [-0.1, -0.05) is 42.0 Å². The van der Waals surface area contributed by atoms with Gasteiger partial charge in [0.2, 0.25) is 5.91 Å². The zero-order valence-corrected chi connectivity index (χ0v) is 10.6. The summed E-state index contributed by atoms with van der Waals surface area (Å²) in [6.45, 7) is 2.57. The summed E-state index contributed by atoms with van der Waals surface area (Å²) < 4.78 is 0. The van der Waals surface area contributed by atoms with Crippen LogP contribution in [0.25, 0.3) is 0 Å². The number of thiocarbonyl (C=S) groups is 1. The lowest BCUT2D eigenvalue weighted by Gasteiger charge is -2.13. The fourth-order valence-electron chi connectivity index (χ4n) is 1.77. The van der Waals surface area contributed by atoms with E-state index in [0.717, 1.165) is 18.4 Å². The standard InChI is InChI=1S/C13H16N2OS/c1-9-2-4-10(5-3-9)8-15-12(16)13(6-7-13)11(14)17/h2-5H,6-8H2,1H3,(H2,14,17)(H,15,16). The van der Waals surface area contributed by atoms with E-state index in [1.165, 1.54) is 5.56 Å². The number of hydrogen-bond acceptors (Lipinski definition) is 2. The molecule has 17 heavy (non-hydrogen) atoms. The highest BCUT2D eigenvalue weighted by atomic mass is 32.1. The number of amides is 1. The molecule has 1 saturated carbocycles. The number of carbonyl (C=O) groups is 1. The van der Waals surface area contributed by atoms with Crippen LogP contribution in [0.3, 0.4) is 0 Å². The molecule has 1 aromatic rings. The molecule has 0 aromatic heterocycles. The molecule has 0 bridgehead atoms. The Labute approximate surface area is 106 Å². The predicted octanol–water partition coefficient (Wildman–Crippen LogP) is 1.68. The van der Waals surface area contributed by atoms with Gasteiger partial charge in [-0.2, -0.15) is 0 Å². The average Bonchev–Trinajstić information content (AvgIpc) is 3.09. The lowest BCUT2D eigenvalue weighted by atomic mass is 10.1. The van der Waals surface area contributed by atoms with Crippen molar-refractivity contribution in [3.8, 4) is 0 Å². The first kappa shape index (κ1) is 12.0. The average molecular weight is 248 g/mol. The van der Waals surface area contributed by atoms with Crippen molar-refractivity contribution in [2.75, 3.05) is 0 Å². The fourth-order valence-corrected chi connectivity index (χ4v) is 2.06. The predicted molar refractivity (Wildman–Crippen MR) is 71.5 cm³/mol. The molecule has 4 heteroatoms. The molecule has 1 aromatic carbocycles. The van der Waals surface area contributed by atoms with E-state index in [4.69, 9.17) is 18.0 Å². The minimum atomic E-state index is -0.556. The van der Waals surface area contributed by atoms with E-state index in [1.54, 1.807) is 0 Å². The van der Waals surface area contributed by atoms with Crippen molar-refractivity contribution in [3.63, 3.8) is 0 Å². The molecular weight excluding hydrogens is 232 g/mol. The quantitative estimate of drug-likeness (QED) is 0.797. The van der Waals surface area contributed by atoms with Crippen LogP contribution < -0.4 is 11.1 Å². The maximum Gasteiger partial charge on any atom is 0.233 e. The maximum absolute atomic E-state index is 11.9. The Morgan fingerprint density at radius 3 is 2.47 bits per heavy atom. The number of hydrogen-bond donors (Lipinski definition) is 2. The second kappa shape index (κ2) is 4.45. The van der Waals surface area contributed by atoms with E-state index in [1.807, 2.05) is 31.2 Å². The minimum Gasteiger partial charge on any atom is -0.392 e. The Morgan fingerprint density at radius 1 is 1.41 bits per heavy atom. The van der Waals surface area contributed by atoms with Crippen LogP contribution in [0.4, 0.5) is 0 Å². The molecule has 3 N–H and O–H groups in total. The third-order valence-corrected chi connectivity index (χ3v) is 3.62. The molecule has 90 valence electrons. The van der Waals surface area contributed by atoms with Crippen LogP contribution in [0.1, 0.15) is 24.0 Å². The van der Waals surface area contributed by atoms with Gasteiger partial charge in [-0.25, -0.2) is 0 Å². The lowest BCUT2D eigenvalue weighted by molar-refractivity contribution is -0.124. The summed E-state index contributed by atoms with van der Waals surface area (Å²) in [5.41, 5.74) is 7.33. The first-order chi connectivity index (χ1) is 8.04. The van der Waals surface area contributed by atoms with Gasteiger partial charge in [-0.15, -0.1) is 0 Å². The molecule has 0 radical (unpaired) electrons. The van der Waals surface area contributed by atoms with Gasteiger partial charge in [-0.3, -0.25) is 4.79 Å². The number of nitrogens with one attached hydrogen (secondary N) is 1. The minimum absolute atomic E-state index is 0.0365. The van der Waals surface area contributed by atoms with E-state index in [-0.39, 0.29) is 5.91 Å². The normalized spacial score (nSPS) is 16.3. The molecule has 1 aliphatic rings. The topological polar surface area (TPSA) is 55.1 Å². The zero-order chi connectivity index (χ0) is 12.5. The molecule has 1 aliphatic carbocycles. The van der Waals surface area contributed by atoms with Crippen LogP contribution >= 0.6 is 12.2 Å². The van der Waals surface area contributed by atoms with Crippen LogP contribution in [-0.4, -0.2) is 10.9 Å². The van der Waals surface area contributed by atoms with Crippen LogP contribution in [0.5, 0.6) is 0 Å². The zero-order valence-electron chi connectivity index (χ0n) is 9.82. The number of nitrogens with two attached hydrogens (primary N) is 1. The molecule has 0 atom stereocenters. The second-order valence-electron chi connectivity index (χ2n) is 4.61. The third-order valence-electron chi connectivity index (χ3n) is 3.23. The Balaban J connectivity index is 1.93. The van der Waals surface area contributed by atoms with E-state index in [0.29, 0.717) is 11.5 Å². The molecule has 0 heterocycles. The molecule has 0 unspecified atom stereocenters. The van der Waals surface area contributed by atoms with Gasteiger partial charge >= 0.3 is 0 Å². The van der Waals surface area contributed by atoms with Gasteiger partial charge < -0.3 is 11.1 Å². The number of rotatable bonds is 4. The van der Waals surface area contributed by atoms with Crippen molar-refractivity contribution in [1.82, 2.24) is 5.32 Å². The molecule has 0 saturated heterocycles. The summed E-state index contributed by atoms with van der Waals surface area (Å²) in [5.74, 6) is -0.0365. The van der Waals surface area contributed by atoms with E-state index in [9.17, 15) is 4.79 Å². The fraction of sp³-hybridized carbons (Fsp3) is 0.385. The molecule has 0 spiro atoms. The van der Waals surface area contributed by atoms with Gasteiger partial charge in [-0.05, 0) is 25.3 Å². The van der Waals surface area contributed by atoms with Gasteiger partial charge in [0, 0.05) is 6.54 Å². The maximum atomic E-state index is 11.9. The Kier molecular flexibility index (Phi) is 3.15. The van der Waals surface area contributed by atoms with Crippen LogP contribution in [0.15, 0.2) is 24.3 Å². The summed E-state index contributed by atoms with van der Waals surface area (Å²) in [7, 11) is 0. The smallest absolute Gasteiger partial charge is 0.233 e. The second-order valence-corrected chi connectivity index (χ2v) is 5.05. The number of benzene rings is 1. The van der Waals surface area contributed by atoms with Crippen molar-refractivity contribution in [2.24, 2.45) is 11.1 Å². The van der Waals surface area contributed by atoms with Gasteiger partial charge in [0.15, 0.2) is 0 Å². The highest BCUT2D eigenvalue weighted by Gasteiger charge is 2.52. The van der Waals surface area contributed by atoms with Crippen LogP contribution in [0, 0.1) is 12.3 Å². The first-order valence-corrected chi connectivity index (χ1v) is 6.09. The van der Waals surface area contributed by atoms with Gasteiger partial charge in [0.1, 0.15) is 0 Å². The Hall–Kier alpha value is -1.42. The summed E-state index contributed by atoms with van der Waals surface area (Å²) in [5, 5.41) is 2.90. The monoisotopic (exact) mass is 248 g/mol. The molecular formula is C13H16N2OS. The molecule has 3 nitrogen and oxygen atoms in total. The summed E-state index contributed by atoms with van der Waals surface area (Å²) in [6.07, 6.45) is 1.56. The molecule has 2 rings (SSSR count). The first-order valence-electron chi connectivity index (χ1n) is 5.68. The summed E-state index contributed by atoms with van der Waals surface area (Å²) >= 11 is 4.94. The summed E-state index contributed by atoms with van der Waals surface area (Å²) in [6, 6.07) is 8.08. The van der Waals surface area contributed by atoms with E-state index >= 15 is 0 Å². The van der Waals surface area contributed by atoms with E-state index in [2.05, 4.69) is 5.32 Å². The van der Waals surface area contributed by atoms with Crippen LogP contribution in [-0.2, 0) is 11.3 Å². The molecule has 1 amide bonds. The summed E-state index contributed by atoms with van der Waals surface area (Å²) in [4.78, 5) is 12.2. The highest BCUT2D eigenvalue weighted by molar-refractivity contribution is 7.80. The SMILES string of the molecule is Cc1ccc(CNC(=O)C2(C(N)=S)CC2)cc1. The third kappa shape index (κ3) is 2.47. The Bertz CT molecular complexity index is 449.